The number of amides is 2. The number of fused-ring (bicyclic) bond motifs is 1. The number of nitrogens with one attached hydrogen (secondary N) is 2. The van der Waals surface area contributed by atoms with Gasteiger partial charge in [0.05, 0.1) is 5.69 Å². The normalized spacial score (nSPS) is 22.4. The highest BCUT2D eigenvalue weighted by atomic mass is 16.2. The highest BCUT2D eigenvalue weighted by Crippen LogP contribution is 2.50. The molecular weight excluding hydrogens is 370 g/mol. The molecule has 0 radical (unpaired) electrons. The molecule has 6 rings (SSSR count). The van der Waals surface area contributed by atoms with E-state index in [0.717, 1.165) is 11.3 Å². The number of rotatable bonds is 4. The van der Waals surface area contributed by atoms with Crippen LogP contribution in [-0.4, -0.2) is 49.6 Å². The number of hydrogen-bond acceptors (Lipinski definition) is 6. The SMILES string of the molecule is CN1C(=O)C2(NC(=O)c3n[nH]c(Cc4ccccc4)n3)CC(C2)c2nccnc21. The van der Waals surface area contributed by atoms with Gasteiger partial charge < -0.3 is 5.32 Å². The van der Waals surface area contributed by atoms with E-state index in [1.54, 1.807) is 19.4 Å². The lowest BCUT2D eigenvalue weighted by atomic mass is 9.67. The van der Waals surface area contributed by atoms with E-state index in [2.05, 4.69) is 30.5 Å². The van der Waals surface area contributed by atoms with Crippen LogP contribution in [0, 0.1) is 0 Å². The Morgan fingerprint density at radius 3 is 2.79 bits per heavy atom. The Morgan fingerprint density at radius 2 is 2.00 bits per heavy atom. The standard InChI is InChI=1S/C20H19N7O2/c1-27-17-15(21-7-8-22-17)13-10-20(11-13,19(27)29)24-18(28)16-23-14(25-26-16)9-12-5-3-2-4-6-12/h2-8,13H,9-11H2,1H3,(H,24,28)(H,23,25,26). The Kier molecular flexibility index (Phi) is 3.90. The molecule has 3 aromatic rings. The van der Waals surface area contributed by atoms with Gasteiger partial charge in [0.15, 0.2) is 5.82 Å². The zero-order valence-corrected chi connectivity index (χ0v) is 15.8. The lowest BCUT2D eigenvalue weighted by Crippen LogP contribution is -2.64. The Bertz CT molecular complexity index is 1090. The quantitative estimate of drug-likeness (QED) is 0.693. The van der Waals surface area contributed by atoms with Crippen molar-refractivity contribution < 1.29 is 9.59 Å². The van der Waals surface area contributed by atoms with E-state index in [9.17, 15) is 9.59 Å². The molecule has 1 fully saturated rings. The zero-order valence-electron chi connectivity index (χ0n) is 15.8. The van der Waals surface area contributed by atoms with Crippen LogP contribution in [0.1, 0.15) is 46.5 Å². The van der Waals surface area contributed by atoms with E-state index in [4.69, 9.17) is 0 Å². The van der Waals surface area contributed by atoms with Crippen molar-refractivity contribution in [2.45, 2.75) is 30.7 Å². The summed E-state index contributed by atoms with van der Waals surface area (Å²) < 4.78 is 0. The summed E-state index contributed by atoms with van der Waals surface area (Å²) in [6.45, 7) is 0. The second-order valence-electron chi connectivity index (χ2n) is 7.54. The first kappa shape index (κ1) is 17.5. The molecule has 3 aliphatic rings. The molecule has 146 valence electrons. The minimum Gasteiger partial charge on any atom is -0.335 e. The molecule has 1 aromatic carbocycles. The Labute approximate surface area is 166 Å². The van der Waals surface area contributed by atoms with Gasteiger partial charge in [-0.2, -0.15) is 0 Å². The van der Waals surface area contributed by atoms with E-state index in [1.165, 1.54) is 4.90 Å². The topological polar surface area (TPSA) is 117 Å². The van der Waals surface area contributed by atoms with Gasteiger partial charge in [-0.05, 0) is 18.4 Å². The summed E-state index contributed by atoms with van der Waals surface area (Å²) in [5.41, 5.74) is 0.891. The Hall–Kier alpha value is -3.62. The number of benzene rings is 1. The van der Waals surface area contributed by atoms with Crippen LogP contribution in [0.4, 0.5) is 5.82 Å². The molecule has 2 amide bonds. The van der Waals surface area contributed by atoms with Crippen LogP contribution >= 0.6 is 0 Å². The molecule has 29 heavy (non-hydrogen) atoms. The van der Waals surface area contributed by atoms with Crippen LogP contribution in [0.5, 0.6) is 0 Å². The number of aromatic amines is 1. The van der Waals surface area contributed by atoms with E-state index in [1.807, 2.05) is 30.3 Å². The van der Waals surface area contributed by atoms with Crippen LogP contribution in [0.2, 0.25) is 0 Å². The van der Waals surface area contributed by atoms with Crippen molar-refractivity contribution in [3.05, 3.63) is 65.6 Å². The largest absolute Gasteiger partial charge is 0.335 e. The summed E-state index contributed by atoms with van der Waals surface area (Å²) in [5, 5.41) is 9.72. The molecule has 4 heterocycles. The molecule has 0 atom stereocenters. The molecule has 2 N–H and O–H groups in total. The maximum Gasteiger partial charge on any atom is 0.291 e. The molecule has 1 aliphatic carbocycles. The number of carbonyl (C=O) groups is 2. The lowest BCUT2D eigenvalue weighted by molar-refractivity contribution is -0.127. The fourth-order valence-electron chi connectivity index (χ4n) is 4.15. The van der Waals surface area contributed by atoms with Gasteiger partial charge in [-0.3, -0.25) is 24.6 Å². The predicted octanol–water partition coefficient (Wildman–Crippen LogP) is 1.21. The van der Waals surface area contributed by atoms with E-state index >= 15 is 0 Å². The third-order valence-corrected chi connectivity index (χ3v) is 5.62. The molecule has 0 unspecified atom stereocenters. The number of likely N-dealkylation sites (N-methyl/N-ethyl adjacent to an activating group) is 1. The van der Waals surface area contributed by atoms with Crippen molar-refractivity contribution >= 4 is 17.6 Å². The smallest absolute Gasteiger partial charge is 0.291 e. The van der Waals surface area contributed by atoms with Gasteiger partial charge in [-0.25, -0.2) is 9.97 Å². The Balaban J connectivity index is 1.34. The summed E-state index contributed by atoms with van der Waals surface area (Å²) in [6.07, 6.45) is 4.73. The predicted molar refractivity (Wildman–Crippen MR) is 103 cm³/mol. The number of aromatic nitrogens is 5. The minimum absolute atomic E-state index is 0.0298. The lowest BCUT2D eigenvalue weighted by Gasteiger charge is -2.44. The first-order valence-electron chi connectivity index (χ1n) is 9.42. The van der Waals surface area contributed by atoms with Gasteiger partial charge in [0, 0.05) is 31.8 Å². The number of carbonyl (C=O) groups excluding carboxylic acids is 2. The summed E-state index contributed by atoms with van der Waals surface area (Å²) >= 11 is 0. The molecule has 2 aromatic heterocycles. The van der Waals surface area contributed by atoms with Gasteiger partial charge in [0.1, 0.15) is 11.4 Å². The van der Waals surface area contributed by atoms with Crippen LogP contribution in [0.3, 0.4) is 0 Å². The molecule has 2 aliphatic heterocycles. The second-order valence-corrected chi connectivity index (χ2v) is 7.54. The van der Waals surface area contributed by atoms with Crippen molar-refractivity contribution in [2.24, 2.45) is 0 Å². The molecule has 9 heteroatoms. The van der Waals surface area contributed by atoms with Crippen molar-refractivity contribution in [3.8, 4) is 0 Å². The average Bonchev–Trinajstić information content (AvgIpc) is 3.13. The third kappa shape index (κ3) is 2.86. The first-order chi connectivity index (χ1) is 14.1. The third-order valence-electron chi connectivity index (χ3n) is 5.62. The molecule has 0 spiro atoms. The van der Waals surface area contributed by atoms with Gasteiger partial charge in [-0.15, -0.1) is 5.10 Å². The monoisotopic (exact) mass is 389 g/mol. The van der Waals surface area contributed by atoms with E-state index in [-0.39, 0.29) is 17.6 Å². The van der Waals surface area contributed by atoms with Gasteiger partial charge in [0.25, 0.3) is 11.8 Å². The molecule has 0 saturated heterocycles. The van der Waals surface area contributed by atoms with Crippen LogP contribution in [0.25, 0.3) is 0 Å². The number of hydrogen-bond donors (Lipinski definition) is 2. The van der Waals surface area contributed by atoms with Crippen molar-refractivity contribution in [3.63, 3.8) is 0 Å². The number of nitrogens with zero attached hydrogens (tertiary/aromatic N) is 5. The summed E-state index contributed by atoms with van der Waals surface area (Å²) in [7, 11) is 1.66. The van der Waals surface area contributed by atoms with Crippen LogP contribution in [-0.2, 0) is 11.2 Å². The highest BCUT2D eigenvalue weighted by Gasteiger charge is 2.57. The maximum atomic E-state index is 13.1. The number of H-pyrrole nitrogens is 1. The van der Waals surface area contributed by atoms with Crippen LogP contribution < -0.4 is 10.2 Å². The Morgan fingerprint density at radius 1 is 1.24 bits per heavy atom. The fraction of sp³-hybridized carbons (Fsp3) is 0.300. The summed E-state index contributed by atoms with van der Waals surface area (Å²) in [4.78, 5) is 40.3. The fourth-order valence-corrected chi connectivity index (χ4v) is 4.15. The minimum atomic E-state index is -0.973. The summed E-state index contributed by atoms with van der Waals surface area (Å²) in [5.74, 6) is 0.611. The number of anilines is 1. The summed E-state index contributed by atoms with van der Waals surface area (Å²) in [6, 6.07) is 9.80. The zero-order chi connectivity index (χ0) is 20.0. The van der Waals surface area contributed by atoms with Gasteiger partial charge >= 0.3 is 0 Å². The van der Waals surface area contributed by atoms with Crippen LogP contribution in [0.15, 0.2) is 42.7 Å². The van der Waals surface area contributed by atoms with E-state index < -0.39 is 11.4 Å². The van der Waals surface area contributed by atoms with Crippen molar-refractivity contribution in [1.82, 2.24) is 30.5 Å². The first-order valence-corrected chi connectivity index (χ1v) is 9.42. The molecule has 2 bridgehead atoms. The highest BCUT2D eigenvalue weighted by molar-refractivity contribution is 6.05. The van der Waals surface area contributed by atoms with Gasteiger partial charge in [0.2, 0.25) is 5.82 Å². The van der Waals surface area contributed by atoms with E-state index in [0.29, 0.717) is 30.9 Å². The van der Waals surface area contributed by atoms with Gasteiger partial charge in [-0.1, -0.05) is 30.3 Å². The molecular formula is C20H19N7O2. The molecule has 9 nitrogen and oxygen atoms in total. The maximum absolute atomic E-state index is 13.1. The van der Waals surface area contributed by atoms with Crippen molar-refractivity contribution in [1.29, 1.82) is 0 Å². The molecule has 1 saturated carbocycles. The second kappa shape index (κ2) is 6.47. The average molecular weight is 389 g/mol. The van der Waals surface area contributed by atoms with Crippen molar-refractivity contribution in [2.75, 3.05) is 11.9 Å².